The van der Waals surface area contributed by atoms with Gasteiger partial charge in [-0.25, -0.2) is 4.99 Å². The van der Waals surface area contributed by atoms with Crippen LogP contribution in [-0.4, -0.2) is 22.0 Å². The molecule has 1 atom stereocenters. The molecular weight excluding hydrogens is 369 g/mol. The van der Waals surface area contributed by atoms with Gasteiger partial charge in [-0.1, -0.05) is 35.9 Å². The van der Waals surface area contributed by atoms with Gasteiger partial charge < -0.3 is 4.90 Å². The first-order valence-corrected chi connectivity index (χ1v) is 9.05. The number of benzene rings is 1. The van der Waals surface area contributed by atoms with Gasteiger partial charge in [0.05, 0.1) is 23.3 Å². The number of aliphatic imine (C=N–C) groups is 1. The van der Waals surface area contributed by atoms with E-state index in [0.717, 1.165) is 16.9 Å². The molecule has 1 aromatic carbocycles. The van der Waals surface area contributed by atoms with Crippen LogP contribution in [0.1, 0.15) is 17.7 Å². The SMILES string of the molecule is O=C1C(=NC2=CC(Cl)=CC(Cl)C2)c2ccccc2N1Cc1ccccn1. The number of halogens is 2. The molecule has 1 aromatic heterocycles. The summed E-state index contributed by atoms with van der Waals surface area (Å²) >= 11 is 12.3. The summed E-state index contributed by atoms with van der Waals surface area (Å²) in [6, 6.07) is 13.3. The van der Waals surface area contributed by atoms with Gasteiger partial charge in [0.1, 0.15) is 5.71 Å². The molecule has 26 heavy (non-hydrogen) atoms. The van der Waals surface area contributed by atoms with Crippen molar-refractivity contribution < 1.29 is 4.79 Å². The van der Waals surface area contributed by atoms with Crippen LogP contribution >= 0.6 is 23.2 Å². The van der Waals surface area contributed by atoms with Crippen molar-refractivity contribution in [2.24, 2.45) is 4.99 Å². The minimum atomic E-state index is -0.219. The minimum absolute atomic E-state index is 0.144. The van der Waals surface area contributed by atoms with E-state index in [4.69, 9.17) is 23.2 Å². The third-order valence-corrected chi connectivity index (χ3v) is 4.76. The Balaban J connectivity index is 1.72. The number of allylic oxidation sites excluding steroid dienone is 4. The Morgan fingerprint density at radius 1 is 1.19 bits per heavy atom. The predicted molar refractivity (Wildman–Crippen MR) is 105 cm³/mol. The summed E-state index contributed by atoms with van der Waals surface area (Å²) < 4.78 is 0. The minimum Gasteiger partial charge on any atom is -0.300 e. The van der Waals surface area contributed by atoms with Gasteiger partial charge in [0.15, 0.2) is 0 Å². The normalized spacial score (nSPS) is 20.8. The van der Waals surface area contributed by atoms with Crippen molar-refractivity contribution in [3.8, 4) is 0 Å². The van der Waals surface area contributed by atoms with E-state index in [-0.39, 0.29) is 11.3 Å². The quantitative estimate of drug-likeness (QED) is 0.735. The third kappa shape index (κ3) is 3.30. The Morgan fingerprint density at radius 3 is 2.77 bits per heavy atom. The topological polar surface area (TPSA) is 45.6 Å². The smallest absolute Gasteiger partial charge is 0.277 e. The number of hydrogen-bond donors (Lipinski definition) is 0. The van der Waals surface area contributed by atoms with Crippen molar-refractivity contribution in [2.75, 3.05) is 4.90 Å². The number of nitrogens with zero attached hydrogens (tertiary/aromatic N) is 3. The van der Waals surface area contributed by atoms with E-state index < -0.39 is 0 Å². The molecule has 1 amide bonds. The Labute approximate surface area is 161 Å². The molecule has 0 spiro atoms. The fourth-order valence-corrected chi connectivity index (χ4v) is 3.74. The molecule has 1 aliphatic carbocycles. The molecule has 1 unspecified atom stereocenters. The van der Waals surface area contributed by atoms with Gasteiger partial charge in [-0.2, -0.15) is 0 Å². The lowest BCUT2D eigenvalue weighted by molar-refractivity contribution is -0.112. The van der Waals surface area contributed by atoms with E-state index in [1.165, 1.54) is 0 Å². The van der Waals surface area contributed by atoms with E-state index in [0.29, 0.717) is 29.4 Å². The molecule has 130 valence electrons. The Hall–Kier alpha value is -2.43. The summed E-state index contributed by atoms with van der Waals surface area (Å²) in [7, 11) is 0. The lowest BCUT2D eigenvalue weighted by Crippen LogP contribution is -2.30. The molecule has 0 N–H and O–H groups in total. The number of rotatable bonds is 3. The average Bonchev–Trinajstić information content (AvgIpc) is 2.88. The first-order valence-electron chi connectivity index (χ1n) is 8.23. The second-order valence-corrected chi connectivity index (χ2v) is 7.09. The zero-order valence-electron chi connectivity index (χ0n) is 13.8. The van der Waals surface area contributed by atoms with Gasteiger partial charge in [0, 0.05) is 28.9 Å². The van der Waals surface area contributed by atoms with E-state index in [1.54, 1.807) is 23.2 Å². The summed E-state index contributed by atoms with van der Waals surface area (Å²) in [5.74, 6) is -0.144. The van der Waals surface area contributed by atoms with E-state index in [9.17, 15) is 4.79 Å². The van der Waals surface area contributed by atoms with Crippen LogP contribution in [0.3, 0.4) is 0 Å². The number of amides is 1. The highest BCUT2D eigenvalue weighted by Crippen LogP contribution is 2.32. The summed E-state index contributed by atoms with van der Waals surface area (Å²) in [5, 5.41) is 0.322. The highest BCUT2D eigenvalue weighted by atomic mass is 35.5. The van der Waals surface area contributed by atoms with E-state index >= 15 is 0 Å². The van der Waals surface area contributed by atoms with E-state index in [2.05, 4.69) is 9.98 Å². The van der Waals surface area contributed by atoms with Gasteiger partial charge in [-0.15, -0.1) is 11.6 Å². The molecule has 2 aliphatic rings. The van der Waals surface area contributed by atoms with Crippen LogP contribution in [0, 0.1) is 0 Å². The standard InChI is InChI=1S/C20H15Cl2N3O/c21-13-9-14(22)11-16(10-13)24-19-17-6-1-2-7-18(17)25(20(19)26)12-15-5-3-4-8-23-15/h1-10,14H,11-12H2. The van der Waals surface area contributed by atoms with Gasteiger partial charge in [0.25, 0.3) is 5.91 Å². The molecule has 2 aromatic rings. The number of carbonyl (C=O) groups is 1. The molecular formula is C20H15Cl2N3O. The Kier molecular flexibility index (Phi) is 4.62. The molecule has 0 saturated carbocycles. The first-order chi connectivity index (χ1) is 12.6. The molecule has 0 radical (unpaired) electrons. The van der Waals surface area contributed by atoms with Crippen LogP contribution in [0.2, 0.25) is 0 Å². The van der Waals surface area contributed by atoms with Crippen LogP contribution in [0.15, 0.2) is 76.5 Å². The molecule has 1 aliphatic heterocycles. The van der Waals surface area contributed by atoms with Gasteiger partial charge >= 0.3 is 0 Å². The van der Waals surface area contributed by atoms with Crippen LogP contribution in [0.25, 0.3) is 0 Å². The first kappa shape index (κ1) is 17.0. The lowest BCUT2D eigenvalue weighted by Gasteiger charge is -2.16. The zero-order valence-corrected chi connectivity index (χ0v) is 15.3. The summed E-state index contributed by atoms with van der Waals surface area (Å²) in [5.41, 5.74) is 3.59. The number of hydrogen-bond acceptors (Lipinski definition) is 3. The van der Waals surface area contributed by atoms with Crippen molar-refractivity contribution in [2.45, 2.75) is 18.3 Å². The van der Waals surface area contributed by atoms with Crippen molar-refractivity contribution in [1.82, 2.24) is 4.98 Å². The van der Waals surface area contributed by atoms with Crippen molar-refractivity contribution >= 4 is 40.5 Å². The second-order valence-electron chi connectivity index (χ2n) is 6.10. The number of alkyl halides is 1. The van der Waals surface area contributed by atoms with Crippen LogP contribution < -0.4 is 4.90 Å². The largest absolute Gasteiger partial charge is 0.300 e. The predicted octanol–water partition coefficient (Wildman–Crippen LogP) is 4.44. The Bertz CT molecular complexity index is 951. The number of fused-ring (bicyclic) bond motifs is 1. The fourth-order valence-electron chi connectivity index (χ4n) is 3.10. The maximum absolute atomic E-state index is 13.1. The summed E-state index contributed by atoms with van der Waals surface area (Å²) in [6.07, 6.45) is 5.78. The van der Waals surface area contributed by atoms with Crippen molar-refractivity contribution in [3.05, 3.63) is 82.8 Å². The number of para-hydroxylation sites is 1. The molecule has 2 heterocycles. The fraction of sp³-hybridized carbons (Fsp3) is 0.150. The van der Waals surface area contributed by atoms with Crippen molar-refractivity contribution in [1.29, 1.82) is 0 Å². The molecule has 6 heteroatoms. The zero-order chi connectivity index (χ0) is 18.1. The summed E-state index contributed by atoms with van der Waals surface area (Å²) in [6.45, 7) is 0.396. The van der Waals surface area contributed by atoms with Crippen LogP contribution in [0.4, 0.5) is 5.69 Å². The maximum Gasteiger partial charge on any atom is 0.277 e. The number of anilines is 1. The molecule has 0 bridgehead atoms. The number of aromatic nitrogens is 1. The Morgan fingerprint density at radius 2 is 2.00 bits per heavy atom. The van der Waals surface area contributed by atoms with Crippen LogP contribution in [-0.2, 0) is 11.3 Å². The van der Waals surface area contributed by atoms with Gasteiger partial charge in [0.2, 0.25) is 0 Å². The highest BCUT2D eigenvalue weighted by Gasteiger charge is 2.34. The molecule has 4 nitrogen and oxygen atoms in total. The van der Waals surface area contributed by atoms with E-state index in [1.807, 2.05) is 42.5 Å². The highest BCUT2D eigenvalue weighted by molar-refractivity contribution is 6.54. The molecule has 0 fully saturated rings. The van der Waals surface area contributed by atoms with Gasteiger partial charge in [-0.3, -0.25) is 9.78 Å². The van der Waals surface area contributed by atoms with Gasteiger partial charge in [-0.05, 0) is 30.4 Å². The summed E-state index contributed by atoms with van der Waals surface area (Å²) in [4.78, 5) is 23.7. The van der Waals surface area contributed by atoms with Crippen LogP contribution in [0.5, 0.6) is 0 Å². The second kappa shape index (κ2) is 7.06. The average molecular weight is 384 g/mol. The number of carbonyl (C=O) groups excluding carboxylic acids is 1. The monoisotopic (exact) mass is 383 g/mol. The number of pyridine rings is 1. The van der Waals surface area contributed by atoms with Crippen molar-refractivity contribution in [3.63, 3.8) is 0 Å². The maximum atomic E-state index is 13.1. The molecule has 4 rings (SSSR count). The lowest BCUT2D eigenvalue weighted by atomic mass is 10.1. The molecule has 0 saturated heterocycles. The third-order valence-electron chi connectivity index (χ3n) is 4.25.